The number of aryl methyl sites for hydroxylation is 1. The number of hydrogen-bond donors (Lipinski definition) is 2. The lowest BCUT2D eigenvalue weighted by atomic mass is 10.0. The molecule has 104 valence electrons. The van der Waals surface area contributed by atoms with Gasteiger partial charge in [0.15, 0.2) is 5.82 Å². The van der Waals surface area contributed by atoms with Gasteiger partial charge in [0.2, 0.25) is 0 Å². The number of nitrogens with zero attached hydrogens (tertiary/aromatic N) is 2. The van der Waals surface area contributed by atoms with Crippen molar-refractivity contribution in [2.24, 2.45) is 11.7 Å². The number of rotatable bonds is 5. The first-order chi connectivity index (χ1) is 9.09. The van der Waals surface area contributed by atoms with E-state index < -0.39 is 0 Å². The van der Waals surface area contributed by atoms with Crippen LogP contribution in [0.3, 0.4) is 0 Å². The molecular weight excluding hydrogens is 256 g/mol. The summed E-state index contributed by atoms with van der Waals surface area (Å²) in [5.41, 5.74) is 8.54. The van der Waals surface area contributed by atoms with Crippen molar-refractivity contribution in [3.63, 3.8) is 0 Å². The fourth-order valence-corrected chi connectivity index (χ4v) is 2.98. The van der Waals surface area contributed by atoms with Crippen molar-refractivity contribution in [3.05, 3.63) is 16.8 Å². The molecule has 0 aliphatic heterocycles. The molecular formula is C14H22N4S. The average Bonchev–Trinajstić information content (AvgIpc) is 2.86. The number of hydrogen-bond acceptors (Lipinski definition) is 4. The fourth-order valence-electron chi connectivity index (χ4n) is 2.73. The molecule has 0 aromatic carbocycles. The maximum Gasteiger partial charge on any atom is 0.159 e. The standard InChI is InChI=1S/C14H22N4S/c1-9-10(2)17-18-14(12(9)13(15)19)16-8-7-11-5-3-4-6-11/h11H,3-8H2,1-2H3,(H2,15,19)(H,16,18). The Kier molecular flexibility index (Phi) is 4.69. The van der Waals surface area contributed by atoms with Crippen LogP contribution in [-0.2, 0) is 0 Å². The average molecular weight is 278 g/mol. The molecule has 1 aliphatic carbocycles. The number of thiocarbonyl (C=S) groups is 1. The van der Waals surface area contributed by atoms with Crippen LogP contribution in [0.4, 0.5) is 5.82 Å². The molecule has 0 unspecified atom stereocenters. The highest BCUT2D eigenvalue weighted by Crippen LogP contribution is 2.27. The first kappa shape index (κ1) is 14.2. The number of anilines is 1. The molecule has 0 bridgehead atoms. The van der Waals surface area contributed by atoms with E-state index in [9.17, 15) is 0 Å². The number of nitrogens with two attached hydrogens (primary N) is 1. The van der Waals surface area contributed by atoms with Crippen LogP contribution in [0.5, 0.6) is 0 Å². The predicted octanol–water partition coefficient (Wildman–Crippen LogP) is 2.72. The monoisotopic (exact) mass is 278 g/mol. The van der Waals surface area contributed by atoms with Gasteiger partial charge in [-0.15, -0.1) is 5.10 Å². The summed E-state index contributed by atoms with van der Waals surface area (Å²) in [5, 5.41) is 11.7. The highest BCUT2D eigenvalue weighted by Gasteiger charge is 2.16. The largest absolute Gasteiger partial charge is 0.389 e. The lowest BCUT2D eigenvalue weighted by Gasteiger charge is -2.14. The van der Waals surface area contributed by atoms with Crippen LogP contribution < -0.4 is 11.1 Å². The molecule has 2 rings (SSSR count). The van der Waals surface area contributed by atoms with Crippen LogP contribution in [-0.4, -0.2) is 21.7 Å². The first-order valence-electron chi connectivity index (χ1n) is 6.97. The molecule has 3 N–H and O–H groups in total. The third-order valence-corrected chi connectivity index (χ3v) is 4.22. The van der Waals surface area contributed by atoms with Crippen LogP contribution >= 0.6 is 12.2 Å². The Morgan fingerprint density at radius 3 is 2.63 bits per heavy atom. The summed E-state index contributed by atoms with van der Waals surface area (Å²) in [6.45, 7) is 4.82. The molecule has 1 aromatic rings. The van der Waals surface area contributed by atoms with Gasteiger partial charge in [-0.05, 0) is 31.7 Å². The molecule has 4 nitrogen and oxygen atoms in total. The van der Waals surface area contributed by atoms with E-state index in [1.165, 1.54) is 32.1 Å². The van der Waals surface area contributed by atoms with Crippen LogP contribution in [0.2, 0.25) is 0 Å². The molecule has 5 heteroatoms. The van der Waals surface area contributed by atoms with Gasteiger partial charge in [-0.25, -0.2) is 0 Å². The SMILES string of the molecule is Cc1nnc(NCCC2CCCC2)c(C(N)=S)c1C. The van der Waals surface area contributed by atoms with Gasteiger partial charge in [-0.1, -0.05) is 37.9 Å². The minimum absolute atomic E-state index is 0.388. The van der Waals surface area contributed by atoms with E-state index >= 15 is 0 Å². The van der Waals surface area contributed by atoms with Gasteiger partial charge >= 0.3 is 0 Å². The van der Waals surface area contributed by atoms with E-state index in [-0.39, 0.29) is 0 Å². The third-order valence-electron chi connectivity index (χ3n) is 4.02. The molecule has 0 atom stereocenters. The lowest BCUT2D eigenvalue weighted by molar-refractivity contribution is 0.518. The lowest BCUT2D eigenvalue weighted by Crippen LogP contribution is -2.19. The highest BCUT2D eigenvalue weighted by atomic mass is 32.1. The third kappa shape index (κ3) is 3.41. The van der Waals surface area contributed by atoms with E-state index in [2.05, 4.69) is 15.5 Å². The summed E-state index contributed by atoms with van der Waals surface area (Å²) in [7, 11) is 0. The minimum atomic E-state index is 0.388. The molecule has 0 saturated heterocycles. The Balaban J connectivity index is 2.02. The van der Waals surface area contributed by atoms with E-state index in [1.807, 2.05) is 13.8 Å². The zero-order chi connectivity index (χ0) is 13.8. The summed E-state index contributed by atoms with van der Waals surface area (Å²) in [4.78, 5) is 0.388. The normalized spacial score (nSPS) is 15.7. The number of aromatic nitrogens is 2. The Labute approximate surface area is 120 Å². The molecule has 0 amide bonds. The summed E-state index contributed by atoms with van der Waals surface area (Å²) in [6.07, 6.45) is 6.68. The molecule has 1 heterocycles. The van der Waals surface area contributed by atoms with Crippen molar-refractivity contribution < 1.29 is 0 Å². The van der Waals surface area contributed by atoms with Gasteiger partial charge in [-0.2, -0.15) is 5.10 Å². The van der Waals surface area contributed by atoms with Crippen LogP contribution in [0.25, 0.3) is 0 Å². The molecule has 1 fully saturated rings. The van der Waals surface area contributed by atoms with Crippen molar-refractivity contribution in [2.45, 2.75) is 46.0 Å². The summed E-state index contributed by atoms with van der Waals surface area (Å²) in [6, 6.07) is 0. The second kappa shape index (κ2) is 6.28. The van der Waals surface area contributed by atoms with E-state index in [1.54, 1.807) is 0 Å². The summed E-state index contributed by atoms with van der Waals surface area (Å²) < 4.78 is 0. The maximum atomic E-state index is 5.80. The van der Waals surface area contributed by atoms with Gasteiger partial charge in [0, 0.05) is 6.54 Å². The second-order valence-corrected chi connectivity index (χ2v) is 5.80. The summed E-state index contributed by atoms with van der Waals surface area (Å²) >= 11 is 5.12. The Hall–Kier alpha value is -1.23. The van der Waals surface area contributed by atoms with Crippen LogP contribution in [0.1, 0.15) is 48.9 Å². The van der Waals surface area contributed by atoms with Crippen LogP contribution in [0.15, 0.2) is 0 Å². The quantitative estimate of drug-likeness (QED) is 0.811. The molecule has 19 heavy (non-hydrogen) atoms. The second-order valence-electron chi connectivity index (χ2n) is 5.36. The topological polar surface area (TPSA) is 63.8 Å². The zero-order valence-corrected chi connectivity index (χ0v) is 12.5. The van der Waals surface area contributed by atoms with E-state index in [0.717, 1.165) is 35.1 Å². The highest BCUT2D eigenvalue weighted by molar-refractivity contribution is 7.80. The smallest absolute Gasteiger partial charge is 0.159 e. The first-order valence-corrected chi connectivity index (χ1v) is 7.38. The van der Waals surface area contributed by atoms with E-state index in [4.69, 9.17) is 18.0 Å². The summed E-state index contributed by atoms with van der Waals surface area (Å²) in [5.74, 6) is 1.59. The Morgan fingerprint density at radius 2 is 2.00 bits per heavy atom. The van der Waals surface area contributed by atoms with Gasteiger partial charge < -0.3 is 11.1 Å². The van der Waals surface area contributed by atoms with Gasteiger partial charge in [0.25, 0.3) is 0 Å². The van der Waals surface area contributed by atoms with Crippen molar-refractivity contribution in [1.82, 2.24) is 10.2 Å². The minimum Gasteiger partial charge on any atom is -0.389 e. The van der Waals surface area contributed by atoms with Gasteiger partial charge in [0.1, 0.15) is 4.99 Å². The van der Waals surface area contributed by atoms with Crippen molar-refractivity contribution in [1.29, 1.82) is 0 Å². The Bertz CT molecular complexity index is 467. The molecule has 1 aromatic heterocycles. The number of nitrogens with one attached hydrogen (secondary N) is 1. The van der Waals surface area contributed by atoms with Crippen molar-refractivity contribution in [2.75, 3.05) is 11.9 Å². The van der Waals surface area contributed by atoms with Crippen molar-refractivity contribution in [3.8, 4) is 0 Å². The molecule has 1 saturated carbocycles. The van der Waals surface area contributed by atoms with Crippen LogP contribution in [0, 0.1) is 19.8 Å². The maximum absolute atomic E-state index is 5.80. The van der Waals surface area contributed by atoms with Gasteiger partial charge in [-0.3, -0.25) is 0 Å². The fraction of sp³-hybridized carbons (Fsp3) is 0.643. The molecule has 0 spiro atoms. The zero-order valence-electron chi connectivity index (χ0n) is 11.7. The van der Waals surface area contributed by atoms with Crippen molar-refractivity contribution >= 4 is 23.0 Å². The predicted molar refractivity (Wildman–Crippen MR) is 82.5 cm³/mol. The molecule has 1 aliphatic rings. The van der Waals surface area contributed by atoms with Gasteiger partial charge in [0.05, 0.1) is 11.3 Å². The van der Waals surface area contributed by atoms with E-state index in [0.29, 0.717) is 4.99 Å². The molecule has 0 radical (unpaired) electrons. The Morgan fingerprint density at radius 1 is 1.32 bits per heavy atom.